The molecule has 0 saturated carbocycles. The zero-order chi connectivity index (χ0) is 26.1. The predicted octanol–water partition coefficient (Wildman–Crippen LogP) is 4.46. The van der Waals surface area contributed by atoms with Gasteiger partial charge in [0.2, 0.25) is 0 Å². The number of thioether (sulfide) groups is 1. The zero-order valence-electron chi connectivity index (χ0n) is 21.2. The zero-order valence-corrected chi connectivity index (χ0v) is 22.8. The van der Waals surface area contributed by atoms with Crippen molar-refractivity contribution in [1.82, 2.24) is 9.47 Å². The molecule has 9 heteroatoms. The first-order valence-electron chi connectivity index (χ1n) is 11.9. The van der Waals surface area contributed by atoms with Gasteiger partial charge in [0.05, 0.1) is 18.6 Å². The number of benzene rings is 1. The Kier molecular flexibility index (Phi) is 7.57. The molecule has 7 nitrogen and oxygen atoms in total. The van der Waals surface area contributed by atoms with Crippen molar-refractivity contribution in [2.45, 2.75) is 33.7 Å². The van der Waals surface area contributed by atoms with Gasteiger partial charge in [0.15, 0.2) is 0 Å². The number of aromatic nitrogens is 1. The molecule has 2 aliphatic rings. The molecular formula is C27H30N4O3S2. The number of hydrogen-bond donors (Lipinski definition) is 0. The maximum absolute atomic E-state index is 13.4. The third-order valence-corrected chi connectivity index (χ3v) is 8.16. The predicted molar refractivity (Wildman–Crippen MR) is 148 cm³/mol. The van der Waals surface area contributed by atoms with E-state index < -0.39 is 0 Å². The van der Waals surface area contributed by atoms with E-state index in [1.165, 1.54) is 11.8 Å². The second kappa shape index (κ2) is 10.5. The molecule has 0 radical (unpaired) electrons. The molecule has 2 aliphatic heterocycles. The van der Waals surface area contributed by atoms with Crippen LogP contribution >= 0.6 is 24.0 Å². The van der Waals surface area contributed by atoms with E-state index in [0.717, 1.165) is 42.2 Å². The molecule has 1 aromatic carbocycles. The van der Waals surface area contributed by atoms with Crippen molar-refractivity contribution in [2.24, 2.45) is 18.9 Å². The minimum absolute atomic E-state index is 0.0966. The molecule has 2 unspecified atom stereocenters. The normalized spacial score (nSPS) is 21.3. The van der Waals surface area contributed by atoms with Crippen molar-refractivity contribution in [3.63, 3.8) is 0 Å². The summed E-state index contributed by atoms with van der Waals surface area (Å²) in [6, 6.07) is 9.60. The van der Waals surface area contributed by atoms with Gasteiger partial charge in [-0.2, -0.15) is 5.26 Å². The minimum atomic E-state index is -0.319. The van der Waals surface area contributed by atoms with E-state index in [0.29, 0.717) is 33.2 Å². The fourth-order valence-electron chi connectivity index (χ4n) is 5.11. The summed E-state index contributed by atoms with van der Waals surface area (Å²) in [5.74, 6) is 2.25. The number of carbonyl (C=O) groups is 1. The second-order valence-electron chi connectivity index (χ2n) is 9.68. The average molecular weight is 523 g/mol. The third kappa shape index (κ3) is 4.93. The van der Waals surface area contributed by atoms with Crippen molar-refractivity contribution >= 4 is 46.1 Å². The average Bonchev–Trinajstić information content (AvgIpc) is 3.10. The Morgan fingerprint density at radius 3 is 2.42 bits per heavy atom. The number of nitrogens with zero attached hydrogens (tertiary/aromatic N) is 4. The van der Waals surface area contributed by atoms with Gasteiger partial charge in [-0.25, -0.2) is 0 Å². The van der Waals surface area contributed by atoms with Crippen LogP contribution in [0, 0.1) is 30.1 Å². The lowest BCUT2D eigenvalue weighted by atomic mass is 9.91. The molecule has 1 amide bonds. The number of thiocarbonyl (C=S) groups is 1. The molecule has 0 N–H and O–H groups in total. The van der Waals surface area contributed by atoms with Crippen LogP contribution in [0.4, 0.5) is 5.82 Å². The molecule has 2 atom stereocenters. The summed E-state index contributed by atoms with van der Waals surface area (Å²) in [6.45, 7) is 8.17. The van der Waals surface area contributed by atoms with Crippen molar-refractivity contribution in [1.29, 1.82) is 5.26 Å². The molecule has 0 aliphatic carbocycles. The Morgan fingerprint density at radius 1 is 1.19 bits per heavy atom. The van der Waals surface area contributed by atoms with E-state index in [4.69, 9.17) is 17.0 Å². The van der Waals surface area contributed by atoms with E-state index >= 15 is 0 Å². The standard InChI is InChI=1S/C27H30N4O3S2/c1-16-10-17(2)14-30(13-16)24-21(18(3)22(12-28)25(32)29(24)4)11-23-26(33)31(27(35)36-23)15-19-6-8-20(34-5)9-7-19/h6-9,11,16-17H,10,13-15H2,1-5H3/b23-11-. The van der Waals surface area contributed by atoms with Crippen LogP contribution in [0.25, 0.3) is 6.08 Å². The number of hydrogen-bond acceptors (Lipinski definition) is 7. The van der Waals surface area contributed by atoms with Gasteiger partial charge in [-0.15, -0.1) is 0 Å². The van der Waals surface area contributed by atoms with Crippen LogP contribution in [0.1, 0.15) is 42.5 Å². The summed E-state index contributed by atoms with van der Waals surface area (Å²) in [5, 5.41) is 9.72. The summed E-state index contributed by atoms with van der Waals surface area (Å²) >= 11 is 6.81. The summed E-state index contributed by atoms with van der Waals surface area (Å²) in [7, 11) is 3.31. The Hall–Kier alpha value is -3.09. The summed E-state index contributed by atoms with van der Waals surface area (Å²) in [5.41, 5.74) is 2.02. The second-order valence-corrected chi connectivity index (χ2v) is 11.4. The Labute approximate surface area is 221 Å². The van der Waals surface area contributed by atoms with Crippen molar-refractivity contribution in [3.05, 3.63) is 61.8 Å². The lowest BCUT2D eigenvalue weighted by Crippen LogP contribution is -2.42. The lowest BCUT2D eigenvalue weighted by molar-refractivity contribution is -0.122. The molecule has 1 aromatic heterocycles. The number of carbonyl (C=O) groups excluding carboxylic acids is 1. The number of piperidine rings is 1. The van der Waals surface area contributed by atoms with E-state index in [-0.39, 0.29) is 17.0 Å². The molecular weight excluding hydrogens is 492 g/mol. The molecule has 3 heterocycles. The summed E-state index contributed by atoms with van der Waals surface area (Å²) < 4.78 is 7.25. The maximum Gasteiger partial charge on any atom is 0.270 e. The highest BCUT2D eigenvalue weighted by Crippen LogP contribution is 2.37. The number of nitriles is 1. The number of ether oxygens (including phenoxy) is 1. The van der Waals surface area contributed by atoms with Gasteiger partial charge in [0, 0.05) is 25.7 Å². The Bertz CT molecular complexity index is 1330. The maximum atomic E-state index is 13.4. The first-order valence-corrected chi connectivity index (χ1v) is 13.1. The van der Waals surface area contributed by atoms with Crippen LogP contribution < -0.4 is 15.2 Å². The Morgan fingerprint density at radius 2 is 1.83 bits per heavy atom. The first-order chi connectivity index (χ1) is 17.1. The lowest BCUT2D eigenvalue weighted by Gasteiger charge is -2.38. The summed E-state index contributed by atoms with van der Waals surface area (Å²) in [6.07, 6.45) is 2.93. The van der Waals surface area contributed by atoms with Crippen LogP contribution in [-0.2, 0) is 18.4 Å². The van der Waals surface area contributed by atoms with E-state index in [2.05, 4.69) is 24.8 Å². The van der Waals surface area contributed by atoms with Crippen LogP contribution in [-0.4, -0.2) is 39.9 Å². The highest BCUT2D eigenvalue weighted by molar-refractivity contribution is 8.26. The molecule has 0 bridgehead atoms. The largest absolute Gasteiger partial charge is 0.497 e. The van der Waals surface area contributed by atoms with Gasteiger partial charge in [-0.05, 0) is 54.5 Å². The topological polar surface area (TPSA) is 78.6 Å². The highest BCUT2D eigenvalue weighted by Gasteiger charge is 2.34. The van der Waals surface area contributed by atoms with Crippen LogP contribution in [0.3, 0.4) is 0 Å². The number of amides is 1. The monoisotopic (exact) mass is 522 g/mol. The first kappa shape index (κ1) is 26.0. The summed E-state index contributed by atoms with van der Waals surface area (Å²) in [4.78, 5) is 30.8. The fraction of sp³-hybridized carbons (Fsp3) is 0.407. The van der Waals surface area contributed by atoms with Gasteiger partial charge in [0.25, 0.3) is 11.5 Å². The fourth-order valence-corrected chi connectivity index (χ4v) is 6.35. The number of pyridine rings is 1. The number of methoxy groups -OCH3 is 1. The molecule has 4 rings (SSSR count). The van der Waals surface area contributed by atoms with Gasteiger partial charge in [0.1, 0.15) is 27.5 Å². The highest BCUT2D eigenvalue weighted by atomic mass is 32.2. The van der Waals surface area contributed by atoms with Crippen molar-refractivity contribution < 1.29 is 9.53 Å². The Balaban J connectivity index is 1.75. The van der Waals surface area contributed by atoms with Gasteiger partial charge in [-0.3, -0.25) is 19.1 Å². The molecule has 2 fully saturated rings. The molecule has 36 heavy (non-hydrogen) atoms. The van der Waals surface area contributed by atoms with Crippen molar-refractivity contribution in [2.75, 3.05) is 25.1 Å². The minimum Gasteiger partial charge on any atom is -0.497 e. The smallest absolute Gasteiger partial charge is 0.270 e. The molecule has 2 saturated heterocycles. The quantitative estimate of drug-likeness (QED) is 0.424. The molecule has 2 aromatic rings. The number of anilines is 1. The van der Waals surface area contributed by atoms with Crippen molar-refractivity contribution in [3.8, 4) is 11.8 Å². The van der Waals surface area contributed by atoms with Crippen LogP contribution in [0.2, 0.25) is 0 Å². The van der Waals surface area contributed by atoms with E-state index in [1.54, 1.807) is 30.5 Å². The third-order valence-electron chi connectivity index (χ3n) is 6.79. The SMILES string of the molecule is COc1ccc(CN2C(=O)/C(=C/c3c(C)c(C#N)c(=O)n(C)c3N3CC(C)CC(C)C3)SC2=S)cc1. The van der Waals surface area contributed by atoms with Crippen LogP contribution in [0.15, 0.2) is 34.0 Å². The van der Waals surface area contributed by atoms with Crippen LogP contribution in [0.5, 0.6) is 5.75 Å². The molecule has 0 spiro atoms. The van der Waals surface area contributed by atoms with Gasteiger partial charge in [-0.1, -0.05) is 50.0 Å². The van der Waals surface area contributed by atoms with Gasteiger partial charge < -0.3 is 9.64 Å². The van der Waals surface area contributed by atoms with E-state index in [1.807, 2.05) is 30.3 Å². The molecule has 188 valence electrons. The van der Waals surface area contributed by atoms with E-state index in [9.17, 15) is 14.9 Å². The number of rotatable bonds is 5. The van der Waals surface area contributed by atoms with Gasteiger partial charge >= 0.3 is 0 Å².